The topological polar surface area (TPSA) is 65.7 Å². The Balaban J connectivity index is 1.85. The maximum Gasteiger partial charge on any atom is 0.234 e. The molecule has 5 nitrogen and oxygen atoms in total. The van der Waals surface area contributed by atoms with Crippen molar-refractivity contribution in [2.24, 2.45) is 0 Å². The van der Waals surface area contributed by atoms with E-state index in [2.05, 4.69) is 5.32 Å². The summed E-state index contributed by atoms with van der Waals surface area (Å²) >= 11 is 1.63. The number of carbonyl (C=O) groups is 1. The highest BCUT2D eigenvalue weighted by atomic mass is 32.1. The fourth-order valence-corrected chi connectivity index (χ4v) is 2.76. The Bertz CT molecular complexity index is 525. The van der Waals surface area contributed by atoms with Crippen molar-refractivity contribution in [1.82, 2.24) is 10.2 Å². The molecule has 0 aliphatic carbocycles. The minimum atomic E-state index is -0.162. The van der Waals surface area contributed by atoms with E-state index in [1.54, 1.807) is 23.7 Å². The van der Waals surface area contributed by atoms with Crippen LogP contribution in [0.5, 0.6) is 0 Å². The lowest BCUT2D eigenvalue weighted by atomic mass is 10.2. The monoisotopic (exact) mass is 308 g/mol. The Morgan fingerprint density at radius 1 is 1.52 bits per heavy atom. The van der Waals surface area contributed by atoms with Crippen LogP contribution in [0.25, 0.3) is 0 Å². The van der Waals surface area contributed by atoms with E-state index in [0.29, 0.717) is 13.1 Å². The van der Waals surface area contributed by atoms with E-state index < -0.39 is 0 Å². The Labute approximate surface area is 128 Å². The number of rotatable bonds is 8. The summed E-state index contributed by atoms with van der Waals surface area (Å²) in [6, 6.07) is 5.50. The molecule has 2 rings (SSSR count). The van der Waals surface area contributed by atoms with Crippen LogP contribution >= 0.6 is 11.3 Å². The number of amides is 1. The predicted molar refractivity (Wildman–Crippen MR) is 81.9 cm³/mol. The molecule has 0 spiro atoms. The zero-order valence-electron chi connectivity index (χ0n) is 12.0. The van der Waals surface area contributed by atoms with E-state index in [9.17, 15) is 4.79 Å². The van der Waals surface area contributed by atoms with Crippen LogP contribution in [-0.4, -0.2) is 35.6 Å². The minimum Gasteiger partial charge on any atom is -0.467 e. The number of nitrogens with one attached hydrogen (secondary N) is 1. The van der Waals surface area contributed by atoms with Crippen molar-refractivity contribution in [2.75, 3.05) is 19.7 Å². The lowest BCUT2D eigenvalue weighted by molar-refractivity contribution is -0.123. The number of nitrogens with zero attached hydrogens (tertiary/aromatic N) is 1. The number of hydrogen-bond donors (Lipinski definition) is 2. The summed E-state index contributed by atoms with van der Waals surface area (Å²) < 4.78 is 5.27. The highest BCUT2D eigenvalue weighted by Crippen LogP contribution is 2.12. The van der Waals surface area contributed by atoms with Gasteiger partial charge in [0.1, 0.15) is 5.76 Å². The number of hydrogen-bond acceptors (Lipinski definition) is 5. The molecule has 0 aromatic carbocycles. The number of furan rings is 1. The van der Waals surface area contributed by atoms with Crippen molar-refractivity contribution in [3.63, 3.8) is 0 Å². The third-order valence-corrected chi connectivity index (χ3v) is 3.85. The van der Waals surface area contributed by atoms with Gasteiger partial charge < -0.3 is 14.8 Å². The molecule has 0 saturated carbocycles. The quantitative estimate of drug-likeness (QED) is 0.783. The van der Waals surface area contributed by atoms with Crippen LogP contribution in [0.15, 0.2) is 39.6 Å². The van der Waals surface area contributed by atoms with E-state index in [1.807, 2.05) is 34.7 Å². The number of aliphatic hydroxyl groups excluding tert-OH is 1. The molecule has 1 atom stereocenters. The molecule has 2 N–H and O–H groups in total. The zero-order valence-corrected chi connectivity index (χ0v) is 12.8. The van der Waals surface area contributed by atoms with Gasteiger partial charge in [0.05, 0.1) is 25.5 Å². The summed E-state index contributed by atoms with van der Waals surface area (Å²) in [4.78, 5) is 14.0. The third kappa shape index (κ3) is 5.00. The van der Waals surface area contributed by atoms with E-state index in [4.69, 9.17) is 9.52 Å². The SMILES string of the molecule is CC(NC(=O)CN(CCO)Cc1ccsc1)c1ccco1. The van der Waals surface area contributed by atoms with Gasteiger partial charge in [0.25, 0.3) is 0 Å². The number of carbonyl (C=O) groups excluding carboxylic acids is 1. The summed E-state index contributed by atoms with van der Waals surface area (Å²) in [5.74, 6) is 0.650. The van der Waals surface area contributed by atoms with Gasteiger partial charge in [0, 0.05) is 13.1 Å². The molecular weight excluding hydrogens is 288 g/mol. The average molecular weight is 308 g/mol. The molecule has 6 heteroatoms. The van der Waals surface area contributed by atoms with Gasteiger partial charge >= 0.3 is 0 Å². The van der Waals surface area contributed by atoms with Crippen LogP contribution in [0.3, 0.4) is 0 Å². The molecule has 2 heterocycles. The molecule has 1 amide bonds. The molecule has 21 heavy (non-hydrogen) atoms. The Morgan fingerprint density at radius 3 is 3.00 bits per heavy atom. The highest BCUT2D eigenvalue weighted by Gasteiger charge is 2.15. The second-order valence-electron chi connectivity index (χ2n) is 4.87. The van der Waals surface area contributed by atoms with Gasteiger partial charge in [0.15, 0.2) is 0 Å². The standard InChI is InChI=1S/C15H20N2O3S/c1-12(14-3-2-7-20-14)16-15(19)10-17(5-6-18)9-13-4-8-21-11-13/h2-4,7-8,11-12,18H,5-6,9-10H2,1H3,(H,16,19). The van der Waals surface area contributed by atoms with Crippen LogP contribution in [0.2, 0.25) is 0 Å². The predicted octanol–water partition coefficient (Wildman–Crippen LogP) is 2.01. The number of thiophene rings is 1. The molecule has 114 valence electrons. The first-order valence-electron chi connectivity index (χ1n) is 6.86. The summed E-state index contributed by atoms with van der Waals surface area (Å²) in [5, 5.41) is 16.1. The van der Waals surface area contributed by atoms with Gasteiger partial charge in [-0.15, -0.1) is 0 Å². The molecule has 0 saturated heterocycles. The molecule has 0 aliphatic rings. The van der Waals surface area contributed by atoms with Crippen LogP contribution in [-0.2, 0) is 11.3 Å². The van der Waals surface area contributed by atoms with E-state index >= 15 is 0 Å². The summed E-state index contributed by atoms with van der Waals surface area (Å²) in [7, 11) is 0. The fraction of sp³-hybridized carbons (Fsp3) is 0.400. The molecule has 1 unspecified atom stereocenters. The van der Waals surface area contributed by atoms with Gasteiger partial charge in [-0.2, -0.15) is 11.3 Å². The van der Waals surface area contributed by atoms with Gasteiger partial charge in [-0.3, -0.25) is 9.69 Å². The van der Waals surface area contributed by atoms with Crippen molar-refractivity contribution < 1.29 is 14.3 Å². The van der Waals surface area contributed by atoms with E-state index in [0.717, 1.165) is 11.3 Å². The molecule has 2 aromatic heterocycles. The van der Waals surface area contributed by atoms with Gasteiger partial charge in [-0.05, 0) is 41.4 Å². The molecule has 0 fully saturated rings. The Morgan fingerprint density at radius 2 is 2.38 bits per heavy atom. The van der Waals surface area contributed by atoms with Crippen molar-refractivity contribution >= 4 is 17.2 Å². The number of aliphatic hydroxyl groups is 1. The normalized spacial score (nSPS) is 12.5. The van der Waals surface area contributed by atoms with Crippen molar-refractivity contribution in [1.29, 1.82) is 0 Å². The summed E-state index contributed by atoms with van der Waals surface area (Å²) in [6.45, 7) is 3.30. The maximum atomic E-state index is 12.1. The smallest absolute Gasteiger partial charge is 0.234 e. The first-order valence-corrected chi connectivity index (χ1v) is 7.80. The summed E-state index contributed by atoms with van der Waals surface area (Å²) in [5.41, 5.74) is 1.15. The lowest BCUT2D eigenvalue weighted by Gasteiger charge is -2.21. The fourth-order valence-electron chi connectivity index (χ4n) is 2.10. The Hall–Kier alpha value is -1.63. The highest BCUT2D eigenvalue weighted by molar-refractivity contribution is 7.07. The second-order valence-corrected chi connectivity index (χ2v) is 5.65. The van der Waals surface area contributed by atoms with Crippen LogP contribution in [0.4, 0.5) is 0 Å². The molecule has 0 aliphatic heterocycles. The molecule has 2 aromatic rings. The first-order chi connectivity index (χ1) is 10.2. The van der Waals surface area contributed by atoms with Gasteiger partial charge in [0.2, 0.25) is 5.91 Å². The molecular formula is C15H20N2O3S. The van der Waals surface area contributed by atoms with Crippen molar-refractivity contribution in [3.8, 4) is 0 Å². The summed E-state index contributed by atoms with van der Waals surface area (Å²) in [6.07, 6.45) is 1.59. The largest absolute Gasteiger partial charge is 0.467 e. The lowest BCUT2D eigenvalue weighted by Crippen LogP contribution is -2.39. The van der Waals surface area contributed by atoms with Crippen LogP contribution < -0.4 is 5.32 Å². The second kappa shape index (κ2) is 7.97. The van der Waals surface area contributed by atoms with Gasteiger partial charge in [-0.1, -0.05) is 0 Å². The van der Waals surface area contributed by atoms with Crippen LogP contribution in [0.1, 0.15) is 24.3 Å². The van der Waals surface area contributed by atoms with Crippen molar-refractivity contribution in [3.05, 3.63) is 46.5 Å². The minimum absolute atomic E-state index is 0.0329. The van der Waals surface area contributed by atoms with E-state index in [1.165, 1.54) is 0 Å². The first kappa shape index (κ1) is 15.8. The van der Waals surface area contributed by atoms with Crippen molar-refractivity contribution in [2.45, 2.75) is 19.5 Å². The Kier molecular flexibility index (Phi) is 5.98. The molecule has 0 bridgehead atoms. The third-order valence-electron chi connectivity index (χ3n) is 3.12. The van der Waals surface area contributed by atoms with Crippen LogP contribution in [0, 0.1) is 0 Å². The van der Waals surface area contributed by atoms with E-state index in [-0.39, 0.29) is 25.1 Å². The zero-order chi connectivity index (χ0) is 15.1. The average Bonchev–Trinajstić information content (AvgIpc) is 3.11. The molecule has 0 radical (unpaired) electrons. The maximum absolute atomic E-state index is 12.1. The van der Waals surface area contributed by atoms with Gasteiger partial charge in [-0.25, -0.2) is 0 Å².